The third kappa shape index (κ3) is 6.13. The Kier molecular flexibility index (Phi) is 7.97. The second-order valence-corrected chi connectivity index (χ2v) is 7.82. The third-order valence-electron chi connectivity index (χ3n) is 5.62. The fraction of sp³-hybridized carbons (Fsp3) is 0.458. The monoisotopic (exact) mass is 411 g/mol. The van der Waals surface area contributed by atoms with Crippen LogP contribution >= 0.6 is 0 Å². The van der Waals surface area contributed by atoms with Crippen molar-refractivity contribution in [3.05, 3.63) is 59.7 Å². The fourth-order valence-electron chi connectivity index (χ4n) is 3.76. The van der Waals surface area contributed by atoms with Crippen molar-refractivity contribution in [1.82, 2.24) is 15.1 Å². The standard InChI is InChI=1S/C24H33N3O3/c1-19(9-10-20-7-5-4-6-8-20)25-24(28)27-15-13-26(14-16-27)18-21-17-22(29-2)11-12-23(21)30-3/h4-8,11-12,17,19H,9-10,13-16,18H2,1-3H3,(H,25,28). The molecule has 1 unspecified atom stereocenters. The molecule has 0 bridgehead atoms. The van der Waals surface area contributed by atoms with Crippen molar-refractivity contribution in [2.45, 2.75) is 32.4 Å². The van der Waals surface area contributed by atoms with Gasteiger partial charge in [-0.05, 0) is 43.5 Å². The molecule has 1 saturated heterocycles. The van der Waals surface area contributed by atoms with E-state index in [-0.39, 0.29) is 12.1 Å². The van der Waals surface area contributed by atoms with Gasteiger partial charge in [-0.1, -0.05) is 30.3 Å². The topological polar surface area (TPSA) is 54.0 Å². The Labute approximate surface area is 179 Å². The average molecular weight is 412 g/mol. The van der Waals surface area contributed by atoms with Gasteiger partial charge in [-0.2, -0.15) is 0 Å². The third-order valence-corrected chi connectivity index (χ3v) is 5.62. The van der Waals surface area contributed by atoms with E-state index in [9.17, 15) is 4.79 Å². The maximum atomic E-state index is 12.6. The first-order valence-corrected chi connectivity index (χ1v) is 10.6. The Balaban J connectivity index is 1.44. The smallest absolute Gasteiger partial charge is 0.317 e. The van der Waals surface area contributed by atoms with E-state index in [1.807, 2.05) is 29.2 Å². The molecule has 0 aromatic heterocycles. The molecule has 6 nitrogen and oxygen atoms in total. The molecule has 1 N–H and O–H groups in total. The zero-order valence-corrected chi connectivity index (χ0v) is 18.3. The van der Waals surface area contributed by atoms with Gasteiger partial charge in [-0.15, -0.1) is 0 Å². The van der Waals surface area contributed by atoms with Crippen molar-refractivity contribution in [2.24, 2.45) is 0 Å². The van der Waals surface area contributed by atoms with Crippen molar-refractivity contribution >= 4 is 6.03 Å². The average Bonchev–Trinajstić information content (AvgIpc) is 2.78. The lowest BCUT2D eigenvalue weighted by atomic mass is 10.1. The Morgan fingerprint density at radius 1 is 1.03 bits per heavy atom. The Morgan fingerprint density at radius 2 is 1.77 bits per heavy atom. The van der Waals surface area contributed by atoms with Gasteiger partial charge < -0.3 is 19.7 Å². The molecule has 6 heteroatoms. The molecule has 0 saturated carbocycles. The van der Waals surface area contributed by atoms with Crippen LogP contribution in [0.3, 0.4) is 0 Å². The van der Waals surface area contributed by atoms with Crippen molar-refractivity contribution in [3.8, 4) is 11.5 Å². The molecule has 1 heterocycles. The van der Waals surface area contributed by atoms with Gasteiger partial charge in [0.2, 0.25) is 0 Å². The van der Waals surface area contributed by atoms with Crippen molar-refractivity contribution < 1.29 is 14.3 Å². The van der Waals surface area contributed by atoms with E-state index in [1.54, 1.807) is 14.2 Å². The van der Waals surface area contributed by atoms with Crippen LogP contribution in [0.15, 0.2) is 48.5 Å². The van der Waals surface area contributed by atoms with Crippen LogP contribution < -0.4 is 14.8 Å². The highest BCUT2D eigenvalue weighted by Crippen LogP contribution is 2.25. The van der Waals surface area contributed by atoms with Crippen molar-refractivity contribution in [3.63, 3.8) is 0 Å². The minimum Gasteiger partial charge on any atom is -0.497 e. The summed E-state index contributed by atoms with van der Waals surface area (Å²) in [6, 6.07) is 16.4. The molecule has 1 atom stereocenters. The molecule has 30 heavy (non-hydrogen) atoms. The lowest BCUT2D eigenvalue weighted by Crippen LogP contribution is -2.52. The van der Waals surface area contributed by atoms with Gasteiger partial charge in [0.25, 0.3) is 0 Å². The van der Waals surface area contributed by atoms with Crippen molar-refractivity contribution in [1.29, 1.82) is 0 Å². The molecule has 0 spiro atoms. The summed E-state index contributed by atoms with van der Waals surface area (Å²) in [7, 11) is 3.36. The van der Waals surface area contributed by atoms with Crippen LogP contribution in [-0.2, 0) is 13.0 Å². The molecule has 162 valence electrons. The molecule has 1 aliphatic rings. The number of hydrogen-bond donors (Lipinski definition) is 1. The molecule has 0 aliphatic carbocycles. The second-order valence-electron chi connectivity index (χ2n) is 7.82. The van der Waals surface area contributed by atoms with Gasteiger partial charge in [-0.25, -0.2) is 4.79 Å². The number of ether oxygens (including phenoxy) is 2. The SMILES string of the molecule is COc1ccc(OC)c(CN2CCN(C(=O)NC(C)CCc3ccccc3)CC2)c1. The summed E-state index contributed by atoms with van der Waals surface area (Å²) in [5.74, 6) is 1.69. The van der Waals surface area contributed by atoms with E-state index in [0.29, 0.717) is 0 Å². The predicted octanol–water partition coefficient (Wildman–Crippen LogP) is 3.55. The number of carbonyl (C=O) groups excluding carboxylic acids is 1. The highest BCUT2D eigenvalue weighted by Gasteiger charge is 2.23. The molecule has 2 aromatic rings. The molecular formula is C24H33N3O3. The summed E-state index contributed by atoms with van der Waals surface area (Å²) < 4.78 is 10.8. The minimum atomic E-state index is 0.0363. The number of amides is 2. The number of rotatable bonds is 8. The van der Waals surface area contributed by atoms with Crippen LogP contribution in [0.25, 0.3) is 0 Å². The molecule has 3 rings (SSSR count). The van der Waals surface area contributed by atoms with Crippen LogP contribution in [0.4, 0.5) is 4.79 Å². The Morgan fingerprint density at radius 3 is 2.43 bits per heavy atom. The number of benzene rings is 2. The Bertz CT molecular complexity index is 805. The first kappa shape index (κ1) is 22.0. The van der Waals surface area contributed by atoms with Crippen molar-refractivity contribution in [2.75, 3.05) is 40.4 Å². The summed E-state index contributed by atoms with van der Waals surface area (Å²) in [6.07, 6.45) is 1.91. The molecule has 1 fully saturated rings. The summed E-state index contributed by atoms with van der Waals surface area (Å²) in [5.41, 5.74) is 2.41. The molecule has 2 amide bonds. The summed E-state index contributed by atoms with van der Waals surface area (Å²) in [6.45, 7) is 5.99. The van der Waals surface area contributed by atoms with E-state index in [1.165, 1.54) is 5.56 Å². The van der Waals surface area contributed by atoms with Gasteiger partial charge in [0, 0.05) is 44.3 Å². The highest BCUT2D eigenvalue weighted by atomic mass is 16.5. The summed E-state index contributed by atoms with van der Waals surface area (Å²) in [5, 5.41) is 3.15. The van der Waals surface area contributed by atoms with Crippen LogP contribution in [0.1, 0.15) is 24.5 Å². The van der Waals surface area contributed by atoms with Gasteiger partial charge >= 0.3 is 6.03 Å². The van der Waals surface area contributed by atoms with Crippen LogP contribution in [-0.4, -0.2) is 62.3 Å². The number of nitrogens with zero attached hydrogens (tertiary/aromatic N) is 2. The second kappa shape index (κ2) is 10.9. The number of nitrogens with one attached hydrogen (secondary N) is 1. The van der Waals surface area contributed by atoms with Gasteiger partial charge in [0.15, 0.2) is 0 Å². The molecular weight excluding hydrogens is 378 g/mol. The quantitative estimate of drug-likeness (QED) is 0.722. The maximum Gasteiger partial charge on any atom is 0.317 e. The number of piperazine rings is 1. The highest BCUT2D eigenvalue weighted by molar-refractivity contribution is 5.74. The molecule has 2 aromatic carbocycles. The summed E-state index contributed by atoms with van der Waals surface area (Å²) >= 11 is 0. The first-order valence-electron chi connectivity index (χ1n) is 10.6. The number of hydrogen-bond acceptors (Lipinski definition) is 4. The van der Waals surface area contributed by atoms with E-state index in [2.05, 4.69) is 41.4 Å². The minimum absolute atomic E-state index is 0.0363. The first-order chi connectivity index (χ1) is 14.6. The number of urea groups is 1. The van der Waals surface area contributed by atoms with Crippen LogP contribution in [0.2, 0.25) is 0 Å². The van der Waals surface area contributed by atoms with E-state index in [0.717, 1.165) is 62.6 Å². The zero-order chi connectivity index (χ0) is 21.3. The fourth-order valence-corrected chi connectivity index (χ4v) is 3.76. The number of aryl methyl sites for hydroxylation is 1. The van der Waals surface area contributed by atoms with Gasteiger partial charge in [0.05, 0.1) is 14.2 Å². The maximum absolute atomic E-state index is 12.6. The molecule has 0 radical (unpaired) electrons. The van der Waals surface area contributed by atoms with Crippen LogP contribution in [0, 0.1) is 0 Å². The van der Waals surface area contributed by atoms with Gasteiger partial charge in [-0.3, -0.25) is 4.90 Å². The lowest BCUT2D eigenvalue weighted by Gasteiger charge is -2.35. The summed E-state index contributed by atoms with van der Waals surface area (Å²) in [4.78, 5) is 16.9. The van der Waals surface area contributed by atoms with Crippen LogP contribution in [0.5, 0.6) is 11.5 Å². The predicted molar refractivity (Wildman–Crippen MR) is 119 cm³/mol. The number of methoxy groups -OCH3 is 2. The largest absolute Gasteiger partial charge is 0.497 e. The van der Waals surface area contributed by atoms with E-state index < -0.39 is 0 Å². The lowest BCUT2D eigenvalue weighted by molar-refractivity contribution is 0.132. The zero-order valence-electron chi connectivity index (χ0n) is 18.3. The normalized spacial score (nSPS) is 15.5. The molecule has 1 aliphatic heterocycles. The van der Waals surface area contributed by atoms with Gasteiger partial charge in [0.1, 0.15) is 11.5 Å². The van der Waals surface area contributed by atoms with E-state index >= 15 is 0 Å². The Hall–Kier alpha value is -2.73. The number of carbonyl (C=O) groups is 1. The van der Waals surface area contributed by atoms with E-state index in [4.69, 9.17) is 9.47 Å².